The van der Waals surface area contributed by atoms with Crippen LogP contribution in [0.4, 0.5) is 14.6 Å². The number of hydrogen-bond donors (Lipinski definition) is 1. The van der Waals surface area contributed by atoms with Crippen molar-refractivity contribution in [1.82, 2.24) is 9.97 Å². The minimum Gasteiger partial charge on any atom is -0.369 e. The molecule has 1 aromatic heterocycles. The molecule has 6 heteroatoms. The summed E-state index contributed by atoms with van der Waals surface area (Å²) in [5.41, 5.74) is 0. The van der Waals surface area contributed by atoms with E-state index in [1.54, 1.807) is 0 Å². The summed E-state index contributed by atoms with van der Waals surface area (Å²) in [7, 11) is 0. The fraction of sp³-hybridized carbons (Fsp3) is 0.429. The first-order valence-electron chi connectivity index (χ1n) is 3.67. The van der Waals surface area contributed by atoms with Gasteiger partial charge in [-0.1, -0.05) is 11.6 Å². The Morgan fingerprint density at radius 1 is 1.54 bits per heavy atom. The SMILES string of the molecule is FC(F)CCNc1ncncc1Cl. The van der Waals surface area contributed by atoms with E-state index in [-0.39, 0.29) is 13.0 Å². The zero-order valence-electron chi connectivity index (χ0n) is 6.67. The number of halogens is 3. The van der Waals surface area contributed by atoms with Crippen molar-refractivity contribution in [3.05, 3.63) is 17.5 Å². The van der Waals surface area contributed by atoms with Crippen LogP contribution in [0.3, 0.4) is 0 Å². The van der Waals surface area contributed by atoms with Gasteiger partial charge in [0.05, 0.1) is 6.20 Å². The van der Waals surface area contributed by atoms with E-state index in [4.69, 9.17) is 11.6 Å². The largest absolute Gasteiger partial charge is 0.369 e. The predicted octanol–water partition coefficient (Wildman–Crippen LogP) is 2.20. The first-order valence-corrected chi connectivity index (χ1v) is 4.05. The highest BCUT2D eigenvalue weighted by atomic mass is 35.5. The van der Waals surface area contributed by atoms with E-state index >= 15 is 0 Å². The van der Waals surface area contributed by atoms with Gasteiger partial charge < -0.3 is 5.32 Å². The zero-order chi connectivity index (χ0) is 9.68. The Morgan fingerprint density at radius 3 is 2.92 bits per heavy atom. The summed E-state index contributed by atoms with van der Waals surface area (Å²) in [6.07, 6.45) is 0.170. The number of nitrogens with zero attached hydrogens (tertiary/aromatic N) is 2. The molecule has 1 aromatic rings. The van der Waals surface area contributed by atoms with Crippen LogP contribution >= 0.6 is 11.6 Å². The molecule has 0 bridgehead atoms. The summed E-state index contributed by atoms with van der Waals surface area (Å²) in [6.45, 7) is 0.147. The molecule has 0 aliphatic carbocycles. The van der Waals surface area contributed by atoms with Crippen molar-refractivity contribution in [1.29, 1.82) is 0 Å². The van der Waals surface area contributed by atoms with Gasteiger partial charge in [-0.3, -0.25) is 0 Å². The molecular weight excluding hydrogens is 200 g/mol. The quantitative estimate of drug-likeness (QED) is 0.823. The molecule has 0 amide bonds. The van der Waals surface area contributed by atoms with E-state index in [9.17, 15) is 8.78 Å². The topological polar surface area (TPSA) is 37.8 Å². The summed E-state index contributed by atoms with van der Waals surface area (Å²) in [4.78, 5) is 7.43. The van der Waals surface area contributed by atoms with Crippen LogP contribution in [0.25, 0.3) is 0 Å². The number of hydrogen-bond acceptors (Lipinski definition) is 3. The van der Waals surface area contributed by atoms with Crippen molar-refractivity contribution < 1.29 is 8.78 Å². The fourth-order valence-electron chi connectivity index (χ4n) is 0.742. The summed E-state index contributed by atoms with van der Waals surface area (Å²) >= 11 is 5.66. The second-order valence-corrected chi connectivity index (χ2v) is 2.73. The minimum atomic E-state index is -2.31. The maximum Gasteiger partial charge on any atom is 0.240 e. The molecule has 0 aliphatic heterocycles. The van der Waals surface area contributed by atoms with Crippen LogP contribution in [0.5, 0.6) is 0 Å². The first kappa shape index (κ1) is 10.1. The van der Waals surface area contributed by atoms with E-state index in [2.05, 4.69) is 15.3 Å². The van der Waals surface area contributed by atoms with Gasteiger partial charge in [0.25, 0.3) is 0 Å². The second kappa shape index (κ2) is 4.91. The highest BCUT2D eigenvalue weighted by Crippen LogP contribution is 2.15. The molecule has 72 valence electrons. The monoisotopic (exact) mass is 207 g/mol. The minimum absolute atomic E-state index is 0.147. The van der Waals surface area contributed by atoms with Crippen LogP contribution in [-0.4, -0.2) is 22.9 Å². The lowest BCUT2D eigenvalue weighted by Gasteiger charge is -2.05. The normalized spacial score (nSPS) is 10.5. The van der Waals surface area contributed by atoms with Gasteiger partial charge in [0, 0.05) is 13.0 Å². The summed E-state index contributed by atoms with van der Waals surface area (Å²) in [5.74, 6) is 0.386. The number of alkyl halides is 2. The fourth-order valence-corrected chi connectivity index (χ4v) is 0.914. The number of nitrogens with one attached hydrogen (secondary N) is 1. The van der Waals surface area contributed by atoms with Gasteiger partial charge in [-0.25, -0.2) is 18.7 Å². The van der Waals surface area contributed by atoms with Gasteiger partial charge >= 0.3 is 0 Å². The molecular formula is C7H8ClF2N3. The Bertz CT molecular complexity index is 270. The highest BCUT2D eigenvalue weighted by Gasteiger charge is 2.03. The van der Waals surface area contributed by atoms with Gasteiger partial charge in [0.2, 0.25) is 6.43 Å². The Kier molecular flexibility index (Phi) is 3.82. The van der Waals surface area contributed by atoms with Crippen LogP contribution in [0.15, 0.2) is 12.5 Å². The Hall–Kier alpha value is -0.970. The highest BCUT2D eigenvalue weighted by molar-refractivity contribution is 6.32. The Morgan fingerprint density at radius 2 is 2.31 bits per heavy atom. The maximum atomic E-state index is 11.7. The van der Waals surface area contributed by atoms with Crippen LogP contribution < -0.4 is 5.32 Å². The third-order valence-electron chi connectivity index (χ3n) is 1.32. The first-order chi connectivity index (χ1) is 6.20. The van der Waals surface area contributed by atoms with E-state index < -0.39 is 6.43 Å². The van der Waals surface area contributed by atoms with E-state index in [1.807, 2.05) is 0 Å². The van der Waals surface area contributed by atoms with Gasteiger partial charge in [0.15, 0.2) is 0 Å². The maximum absolute atomic E-state index is 11.7. The average Bonchev–Trinajstić information content (AvgIpc) is 2.08. The van der Waals surface area contributed by atoms with E-state index in [1.165, 1.54) is 12.5 Å². The molecule has 0 saturated heterocycles. The molecule has 1 rings (SSSR count). The predicted molar refractivity (Wildman–Crippen MR) is 46.2 cm³/mol. The van der Waals surface area contributed by atoms with Crippen molar-refractivity contribution >= 4 is 17.4 Å². The molecule has 0 saturated carbocycles. The van der Waals surface area contributed by atoms with Crippen molar-refractivity contribution in [2.24, 2.45) is 0 Å². The van der Waals surface area contributed by atoms with E-state index in [0.717, 1.165) is 0 Å². The Labute approximate surface area is 79.1 Å². The molecule has 0 radical (unpaired) electrons. The standard InChI is InChI=1S/C7H8ClF2N3/c8-5-3-11-4-13-7(5)12-2-1-6(9)10/h3-4,6H,1-2H2,(H,11,12,13). The molecule has 3 nitrogen and oxygen atoms in total. The molecule has 0 spiro atoms. The van der Waals surface area contributed by atoms with Crippen molar-refractivity contribution in [2.45, 2.75) is 12.8 Å². The van der Waals surface area contributed by atoms with Gasteiger partial charge in [-0.05, 0) is 0 Å². The number of aromatic nitrogens is 2. The molecule has 0 aromatic carbocycles. The molecule has 1 N–H and O–H groups in total. The van der Waals surface area contributed by atoms with E-state index in [0.29, 0.717) is 10.8 Å². The summed E-state index contributed by atoms with van der Waals surface area (Å²) < 4.78 is 23.5. The molecule has 0 fully saturated rings. The third-order valence-corrected chi connectivity index (χ3v) is 1.60. The van der Waals surface area contributed by atoms with Gasteiger partial charge in [-0.2, -0.15) is 0 Å². The zero-order valence-corrected chi connectivity index (χ0v) is 7.43. The number of rotatable bonds is 4. The Balaban J connectivity index is 2.41. The lowest BCUT2D eigenvalue weighted by atomic mass is 10.4. The van der Waals surface area contributed by atoms with Crippen LogP contribution in [-0.2, 0) is 0 Å². The third kappa shape index (κ3) is 3.50. The number of anilines is 1. The second-order valence-electron chi connectivity index (χ2n) is 2.33. The summed E-state index contributed by atoms with van der Waals surface area (Å²) in [6, 6.07) is 0. The lowest BCUT2D eigenvalue weighted by molar-refractivity contribution is 0.142. The smallest absolute Gasteiger partial charge is 0.240 e. The lowest BCUT2D eigenvalue weighted by Crippen LogP contribution is -2.07. The summed E-state index contributed by atoms with van der Waals surface area (Å²) in [5, 5.41) is 3.01. The van der Waals surface area contributed by atoms with Crippen LogP contribution in [0.2, 0.25) is 5.02 Å². The molecule has 0 aliphatic rings. The van der Waals surface area contributed by atoms with Crippen molar-refractivity contribution in [3.63, 3.8) is 0 Å². The molecule has 0 atom stereocenters. The average molecular weight is 208 g/mol. The van der Waals surface area contributed by atoms with Crippen LogP contribution in [0, 0.1) is 0 Å². The molecule has 0 unspecified atom stereocenters. The van der Waals surface area contributed by atoms with Gasteiger partial charge in [-0.15, -0.1) is 0 Å². The van der Waals surface area contributed by atoms with Gasteiger partial charge in [0.1, 0.15) is 17.2 Å². The van der Waals surface area contributed by atoms with Crippen molar-refractivity contribution in [3.8, 4) is 0 Å². The molecule has 13 heavy (non-hydrogen) atoms. The molecule has 1 heterocycles. The van der Waals surface area contributed by atoms with Crippen LogP contribution in [0.1, 0.15) is 6.42 Å². The van der Waals surface area contributed by atoms with Crippen molar-refractivity contribution in [2.75, 3.05) is 11.9 Å².